The van der Waals surface area contributed by atoms with E-state index in [1.54, 1.807) is 12.1 Å². The van der Waals surface area contributed by atoms with Gasteiger partial charge < -0.3 is 4.57 Å². The molecule has 0 saturated heterocycles. The first-order valence-corrected chi connectivity index (χ1v) is 7.62. The third-order valence-electron chi connectivity index (χ3n) is 3.33. The predicted molar refractivity (Wildman–Crippen MR) is 94.2 cm³/mol. The smallest absolute Gasteiger partial charge is 0.0645 e. The standard InChI is InChI=1S/C18H14Cl2N2/c1-13-9-14(12-22(13)16-5-3-2-4-6-16)11-21-15-7-8-17(19)18(20)10-15/h2-12H,1H3. The van der Waals surface area contributed by atoms with E-state index in [9.17, 15) is 0 Å². The van der Waals surface area contributed by atoms with Gasteiger partial charge >= 0.3 is 0 Å². The van der Waals surface area contributed by atoms with Crippen molar-refractivity contribution in [3.8, 4) is 5.69 Å². The molecule has 0 aliphatic heterocycles. The maximum Gasteiger partial charge on any atom is 0.0645 e. The molecule has 110 valence electrons. The second-order valence-electron chi connectivity index (χ2n) is 4.98. The van der Waals surface area contributed by atoms with E-state index in [-0.39, 0.29) is 0 Å². The predicted octanol–water partition coefficient (Wildman–Crippen LogP) is 5.84. The molecule has 3 aromatic rings. The molecule has 0 amide bonds. The maximum absolute atomic E-state index is 6.00. The highest BCUT2D eigenvalue weighted by atomic mass is 35.5. The molecule has 22 heavy (non-hydrogen) atoms. The summed E-state index contributed by atoms with van der Waals surface area (Å²) in [5, 5.41) is 1.04. The molecule has 0 N–H and O–H groups in total. The Morgan fingerprint density at radius 1 is 0.955 bits per heavy atom. The summed E-state index contributed by atoms with van der Waals surface area (Å²) in [5.41, 5.74) is 4.10. The van der Waals surface area contributed by atoms with Crippen molar-refractivity contribution in [2.24, 2.45) is 4.99 Å². The van der Waals surface area contributed by atoms with E-state index >= 15 is 0 Å². The Bertz CT molecular complexity index is 820. The van der Waals surface area contributed by atoms with Crippen LogP contribution in [0.2, 0.25) is 10.0 Å². The number of benzene rings is 2. The third-order valence-corrected chi connectivity index (χ3v) is 4.07. The van der Waals surface area contributed by atoms with Gasteiger partial charge in [0, 0.05) is 29.4 Å². The number of halogens is 2. The number of rotatable bonds is 3. The average Bonchev–Trinajstić information content (AvgIpc) is 2.90. The van der Waals surface area contributed by atoms with E-state index in [0.717, 1.165) is 22.6 Å². The van der Waals surface area contributed by atoms with Gasteiger partial charge in [-0.1, -0.05) is 41.4 Å². The van der Waals surface area contributed by atoms with E-state index < -0.39 is 0 Å². The highest BCUT2D eigenvalue weighted by molar-refractivity contribution is 6.42. The largest absolute Gasteiger partial charge is 0.321 e. The molecule has 0 bridgehead atoms. The Morgan fingerprint density at radius 2 is 1.73 bits per heavy atom. The third kappa shape index (κ3) is 3.24. The Balaban J connectivity index is 1.87. The van der Waals surface area contributed by atoms with Crippen molar-refractivity contribution >= 4 is 35.1 Å². The van der Waals surface area contributed by atoms with Crippen molar-refractivity contribution in [2.75, 3.05) is 0 Å². The van der Waals surface area contributed by atoms with Crippen LogP contribution in [-0.4, -0.2) is 10.8 Å². The molecule has 0 atom stereocenters. The number of hydrogen-bond donors (Lipinski definition) is 0. The van der Waals surface area contributed by atoms with Crippen molar-refractivity contribution in [2.45, 2.75) is 6.92 Å². The molecule has 0 aliphatic carbocycles. The lowest BCUT2D eigenvalue weighted by Crippen LogP contribution is -1.93. The summed E-state index contributed by atoms with van der Waals surface area (Å²) in [6.45, 7) is 2.07. The fraction of sp³-hybridized carbons (Fsp3) is 0.0556. The zero-order valence-electron chi connectivity index (χ0n) is 12.0. The lowest BCUT2D eigenvalue weighted by atomic mass is 10.3. The van der Waals surface area contributed by atoms with Crippen LogP contribution in [0, 0.1) is 6.92 Å². The minimum Gasteiger partial charge on any atom is -0.321 e. The van der Waals surface area contributed by atoms with Crippen LogP contribution in [-0.2, 0) is 0 Å². The molecule has 1 aromatic heterocycles. The van der Waals surface area contributed by atoms with Gasteiger partial charge in [-0.3, -0.25) is 4.99 Å². The second-order valence-corrected chi connectivity index (χ2v) is 5.79. The van der Waals surface area contributed by atoms with Crippen LogP contribution in [0.1, 0.15) is 11.3 Å². The molecule has 0 aliphatic rings. The highest BCUT2D eigenvalue weighted by Crippen LogP contribution is 2.26. The first kappa shape index (κ1) is 14.9. The van der Waals surface area contributed by atoms with Gasteiger partial charge in [-0.15, -0.1) is 0 Å². The van der Waals surface area contributed by atoms with Gasteiger partial charge in [0.1, 0.15) is 0 Å². The molecule has 4 heteroatoms. The first-order valence-electron chi connectivity index (χ1n) is 6.87. The number of aromatic nitrogens is 1. The summed E-state index contributed by atoms with van der Waals surface area (Å²) < 4.78 is 2.14. The zero-order valence-corrected chi connectivity index (χ0v) is 13.5. The van der Waals surface area contributed by atoms with Gasteiger partial charge in [0.05, 0.1) is 15.7 Å². The van der Waals surface area contributed by atoms with Crippen LogP contribution in [0.3, 0.4) is 0 Å². The zero-order chi connectivity index (χ0) is 15.5. The van der Waals surface area contributed by atoms with E-state index in [1.165, 1.54) is 0 Å². The monoisotopic (exact) mass is 328 g/mol. The van der Waals surface area contributed by atoms with Gasteiger partial charge in [0.2, 0.25) is 0 Å². The fourth-order valence-corrected chi connectivity index (χ4v) is 2.54. The van der Waals surface area contributed by atoms with E-state index in [2.05, 4.69) is 40.9 Å². The average molecular weight is 329 g/mol. The molecule has 1 heterocycles. The molecule has 0 spiro atoms. The fourth-order valence-electron chi connectivity index (χ4n) is 2.25. The van der Waals surface area contributed by atoms with Gasteiger partial charge in [-0.25, -0.2) is 0 Å². The number of nitrogens with zero attached hydrogens (tertiary/aromatic N) is 2. The minimum absolute atomic E-state index is 0.509. The van der Waals surface area contributed by atoms with Crippen molar-refractivity contribution in [1.82, 2.24) is 4.57 Å². The Hall–Kier alpha value is -2.03. The summed E-state index contributed by atoms with van der Waals surface area (Å²) in [6.07, 6.45) is 3.89. The Morgan fingerprint density at radius 3 is 2.45 bits per heavy atom. The first-order chi connectivity index (χ1) is 10.6. The van der Waals surface area contributed by atoms with Gasteiger partial charge in [0.25, 0.3) is 0 Å². The van der Waals surface area contributed by atoms with Crippen molar-refractivity contribution in [1.29, 1.82) is 0 Å². The van der Waals surface area contributed by atoms with E-state index in [1.807, 2.05) is 30.5 Å². The van der Waals surface area contributed by atoms with Gasteiger partial charge in [-0.2, -0.15) is 0 Å². The topological polar surface area (TPSA) is 17.3 Å². The lowest BCUT2D eigenvalue weighted by Gasteiger charge is -2.04. The summed E-state index contributed by atoms with van der Waals surface area (Å²) in [5.74, 6) is 0. The van der Waals surface area contributed by atoms with Crippen LogP contribution in [0.15, 0.2) is 65.8 Å². The Labute approximate surface area is 139 Å². The van der Waals surface area contributed by atoms with Crippen molar-refractivity contribution in [3.05, 3.63) is 82.1 Å². The summed E-state index contributed by atoms with van der Waals surface area (Å²) in [6, 6.07) is 17.6. The SMILES string of the molecule is Cc1cc(C=Nc2ccc(Cl)c(Cl)c2)cn1-c1ccccc1. The molecular formula is C18H14Cl2N2. The summed E-state index contributed by atoms with van der Waals surface area (Å²) in [4.78, 5) is 4.45. The molecule has 0 saturated carbocycles. The number of aryl methyl sites for hydroxylation is 1. The molecular weight excluding hydrogens is 315 g/mol. The minimum atomic E-state index is 0.509. The van der Waals surface area contributed by atoms with E-state index in [0.29, 0.717) is 10.0 Å². The number of hydrogen-bond acceptors (Lipinski definition) is 1. The van der Waals surface area contributed by atoms with Crippen molar-refractivity contribution in [3.63, 3.8) is 0 Å². The van der Waals surface area contributed by atoms with E-state index in [4.69, 9.17) is 23.2 Å². The van der Waals surface area contributed by atoms with Crippen LogP contribution in [0.4, 0.5) is 5.69 Å². The lowest BCUT2D eigenvalue weighted by molar-refractivity contribution is 1.02. The molecule has 0 radical (unpaired) electrons. The van der Waals surface area contributed by atoms with Crippen LogP contribution >= 0.6 is 23.2 Å². The van der Waals surface area contributed by atoms with Crippen LogP contribution in [0.25, 0.3) is 5.69 Å². The molecule has 0 fully saturated rings. The van der Waals surface area contributed by atoms with Gasteiger partial charge in [0.15, 0.2) is 0 Å². The molecule has 3 rings (SSSR count). The maximum atomic E-state index is 6.00. The summed E-state index contributed by atoms with van der Waals surface area (Å²) in [7, 11) is 0. The Kier molecular flexibility index (Phi) is 4.32. The van der Waals surface area contributed by atoms with Crippen LogP contribution in [0.5, 0.6) is 0 Å². The highest BCUT2D eigenvalue weighted by Gasteiger charge is 2.03. The summed E-state index contributed by atoms with van der Waals surface area (Å²) >= 11 is 11.9. The quantitative estimate of drug-likeness (QED) is 0.537. The molecule has 2 aromatic carbocycles. The van der Waals surface area contributed by atoms with Crippen molar-refractivity contribution < 1.29 is 0 Å². The number of aliphatic imine (C=N–C) groups is 1. The van der Waals surface area contributed by atoms with Gasteiger partial charge in [-0.05, 0) is 43.3 Å². The number of para-hydroxylation sites is 1. The molecule has 2 nitrogen and oxygen atoms in total. The molecule has 0 unspecified atom stereocenters. The second kappa shape index (κ2) is 6.39. The normalized spacial score (nSPS) is 11.2. The van der Waals surface area contributed by atoms with Crippen LogP contribution < -0.4 is 0 Å².